The van der Waals surface area contributed by atoms with Crippen molar-refractivity contribution in [3.63, 3.8) is 0 Å². The standard InChI is InChI=1S/C7H8O.C6H7N/c1-6-4-2-3-5-7(6)8;7-6-4-2-1-3-5-6/h2-5,8H,1H3;1-5H,7H2. The van der Waals surface area contributed by atoms with Crippen molar-refractivity contribution in [2.24, 2.45) is 0 Å². The monoisotopic (exact) mass is 201 g/mol. The topological polar surface area (TPSA) is 46.2 Å². The van der Waals surface area contributed by atoms with Crippen molar-refractivity contribution in [3.8, 4) is 5.75 Å². The molecule has 2 heteroatoms. The molecule has 0 unspecified atom stereocenters. The van der Waals surface area contributed by atoms with E-state index in [1.54, 1.807) is 6.07 Å². The summed E-state index contributed by atoms with van der Waals surface area (Å²) in [5.41, 5.74) is 7.10. The molecule has 0 bridgehead atoms. The lowest BCUT2D eigenvalue weighted by atomic mass is 10.2. The Kier molecular flexibility index (Phi) is 4.23. The fourth-order valence-corrected chi connectivity index (χ4v) is 1.02. The van der Waals surface area contributed by atoms with Gasteiger partial charge in [0.1, 0.15) is 5.75 Å². The highest BCUT2D eigenvalue weighted by Crippen LogP contribution is 2.12. The molecule has 2 rings (SSSR count). The minimum absolute atomic E-state index is 0.368. The first-order valence-electron chi connectivity index (χ1n) is 4.75. The second kappa shape index (κ2) is 5.70. The van der Waals surface area contributed by atoms with Crippen LogP contribution in [0.2, 0.25) is 0 Å². The number of rotatable bonds is 0. The number of hydrogen-bond donors (Lipinski definition) is 2. The van der Waals surface area contributed by atoms with Crippen LogP contribution in [0.25, 0.3) is 0 Å². The van der Waals surface area contributed by atoms with Gasteiger partial charge in [0, 0.05) is 5.69 Å². The van der Waals surface area contributed by atoms with E-state index < -0.39 is 0 Å². The first-order valence-corrected chi connectivity index (χ1v) is 4.75. The molecule has 2 aromatic rings. The fourth-order valence-electron chi connectivity index (χ4n) is 1.02. The average Bonchev–Trinajstić information content (AvgIpc) is 2.25. The van der Waals surface area contributed by atoms with Crippen LogP contribution in [0.4, 0.5) is 5.69 Å². The highest BCUT2D eigenvalue weighted by Gasteiger charge is 1.87. The lowest BCUT2D eigenvalue weighted by molar-refractivity contribution is 0.471. The Balaban J connectivity index is 0.000000151. The van der Waals surface area contributed by atoms with Crippen LogP contribution in [-0.2, 0) is 0 Å². The second-order valence-electron chi connectivity index (χ2n) is 3.20. The number of benzene rings is 2. The molecule has 15 heavy (non-hydrogen) atoms. The predicted molar refractivity (Wildman–Crippen MR) is 63.7 cm³/mol. The summed E-state index contributed by atoms with van der Waals surface area (Å²) in [6, 6.07) is 16.7. The Morgan fingerprint density at radius 2 is 1.40 bits per heavy atom. The first kappa shape index (κ1) is 11.1. The minimum atomic E-state index is 0.368. The number of hydrogen-bond acceptors (Lipinski definition) is 2. The van der Waals surface area contributed by atoms with Crippen molar-refractivity contribution in [1.82, 2.24) is 0 Å². The van der Waals surface area contributed by atoms with E-state index in [2.05, 4.69) is 0 Å². The summed E-state index contributed by atoms with van der Waals surface area (Å²) in [7, 11) is 0. The molecule has 0 saturated heterocycles. The predicted octanol–water partition coefficient (Wildman–Crippen LogP) is 2.97. The van der Waals surface area contributed by atoms with Gasteiger partial charge in [-0.1, -0.05) is 36.4 Å². The maximum Gasteiger partial charge on any atom is 0.118 e. The van der Waals surface area contributed by atoms with E-state index in [1.165, 1.54) is 0 Å². The lowest BCUT2D eigenvalue weighted by Crippen LogP contribution is -1.79. The average molecular weight is 201 g/mol. The van der Waals surface area contributed by atoms with Gasteiger partial charge in [0.2, 0.25) is 0 Å². The molecule has 0 atom stereocenters. The van der Waals surface area contributed by atoms with Crippen LogP contribution in [0.1, 0.15) is 5.56 Å². The molecule has 2 nitrogen and oxygen atoms in total. The van der Waals surface area contributed by atoms with Gasteiger partial charge in [0.05, 0.1) is 0 Å². The van der Waals surface area contributed by atoms with Gasteiger partial charge < -0.3 is 10.8 Å². The van der Waals surface area contributed by atoms with Crippen LogP contribution in [0, 0.1) is 6.92 Å². The quantitative estimate of drug-likeness (QED) is 0.644. The van der Waals surface area contributed by atoms with Crippen LogP contribution in [-0.4, -0.2) is 5.11 Å². The largest absolute Gasteiger partial charge is 0.508 e. The smallest absolute Gasteiger partial charge is 0.118 e. The number of aromatic hydroxyl groups is 1. The number of para-hydroxylation sites is 2. The second-order valence-corrected chi connectivity index (χ2v) is 3.20. The van der Waals surface area contributed by atoms with Crippen molar-refractivity contribution in [2.75, 3.05) is 5.73 Å². The number of nitrogens with two attached hydrogens (primary N) is 1. The van der Waals surface area contributed by atoms with E-state index in [0.717, 1.165) is 11.3 Å². The zero-order valence-corrected chi connectivity index (χ0v) is 8.72. The summed E-state index contributed by atoms with van der Waals surface area (Å²) < 4.78 is 0. The van der Waals surface area contributed by atoms with Gasteiger partial charge in [-0.25, -0.2) is 0 Å². The lowest BCUT2D eigenvalue weighted by Gasteiger charge is -1.92. The van der Waals surface area contributed by atoms with Crippen LogP contribution >= 0.6 is 0 Å². The van der Waals surface area contributed by atoms with E-state index in [-0.39, 0.29) is 0 Å². The highest BCUT2D eigenvalue weighted by molar-refractivity contribution is 5.35. The summed E-state index contributed by atoms with van der Waals surface area (Å²) in [5.74, 6) is 0.368. The molecule has 0 spiro atoms. The number of anilines is 1. The summed E-state index contributed by atoms with van der Waals surface area (Å²) in [5, 5.41) is 8.92. The van der Waals surface area contributed by atoms with Crippen molar-refractivity contribution in [3.05, 3.63) is 60.2 Å². The Morgan fingerprint density at radius 1 is 0.867 bits per heavy atom. The van der Waals surface area contributed by atoms with Gasteiger partial charge >= 0.3 is 0 Å². The number of phenolic OH excluding ortho intramolecular Hbond substituents is 1. The molecule has 0 saturated carbocycles. The Bertz CT molecular complexity index is 377. The van der Waals surface area contributed by atoms with Crippen molar-refractivity contribution < 1.29 is 5.11 Å². The normalized spacial score (nSPS) is 8.87. The SMILES string of the molecule is Cc1ccccc1O.Nc1ccccc1. The molecule has 3 N–H and O–H groups in total. The van der Waals surface area contributed by atoms with E-state index in [4.69, 9.17) is 10.8 Å². The third-order valence-corrected chi connectivity index (χ3v) is 1.92. The molecule has 78 valence electrons. The van der Waals surface area contributed by atoms with Crippen molar-refractivity contribution in [1.29, 1.82) is 0 Å². The Labute approximate surface area is 90.0 Å². The Morgan fingerprint density at radius 3 is 1.73 bits per heavy atom. The first-order chi connectivity index (χ1) is 7.20. The van der Waals surface area contributed by atoms with E-state index in [9.17, 15) is 0 Å². The third kappa shape index (κ3) is 4.18. The summed E-state index contributed by atoms with van der Waals surface area (Å²) in [6.45, 7) is 1.87. The van der Waals surface area contributed by atoms with Gasteiger partial charge in [0.25, 0.3) is 0 Å². The minimum Gasteiger partial charge on any atom is -0.508 e. The van der Waals surface area contributed by atoms with Crippen LogP contribution < -0.4 is 5.73 Å². The maximum atomic E-state index is 8.92. The van der Waals surface area contributed by atoms with Crippen LogP contribution in [0.15, 0.2) is 54.6 Å². The molecule has 0 fully saturated rings. The van der Waals surface area contributed by atoms with Gasteiger partial charge in [-0.3, -0.25) is 0 Å². The molecule has 0 radical (unpaired) electrons. The summed E-state index contributed by atoms with van der Waals surface area (Å²) in [4.78, 5) is 0. The van der Waals surface area contributed by atoms with E-state index >= 15 is 0 Å². The van der Waals surface area contributed by atoms with Gasteiger partial charge in [-0.15, -0.1) is 0 Å². The molecule has 0 aliphatic heterocycles. The Hall–Kier alpha value is -1.96. The summed E-state index contributed by atoms with van der Waals surface area (Å²) in [6.07, 6.45) is 0. The van der Waals surface area contributed by atoms with Crippen molar-refractivity contribution >= 4 is 5.69 Å². The molecular formula is C13H15NO. The maximum absolute atomic E-state index is 8.92. The highest BCUT2D eigenvalue weighted by atomic mass is 16.3. The molecular weight excluding hydrogens is 186 g/mol. The van der Waals surface area contributed by atoms with Crippen molar-refractivity contribution in [2.45, 2.75) is 6.92 Å². The number of nitrogen functional groups attached to an aromatic ring is 1. The number of aryl methyl sites for hydroxylation is 1. The van der Waals surface area contributed by atoms with Gasteiger partial charge in [-0.2, -0.15) is 0 Å². The molecule has 0 heterocycles. The summed E-state index contributed by atoms with van der Waals surface area (Å²) >= 11 is 0. The molecule has 0 aromatic heterocycles. The third-order valence-electron chi connectivity index (χ3n) is 1.92. The number of phenols is 1. The fraction of sp³-hybridized carbons (Fsp3) is 0.0769. The molecule has 0 amide bonds. The van der Waals surface area contributed by atoms with E-state index in [1.807, 2.05) is 55.5 Å². The van der Waals surface area contributed by atoms with Crippen LogP contribution in [0.3, 0.4) is 0 Å². The molecule has 0 aliphatic carbocycles. The van der Waals surface area contributed by atoms with Crippen LogP contribution in [0.5, 0.6) is 5.75 Å². The van der Waals surface area contributed by atoms with E-state index in [0.29, 0.717) is 5.75 Å². The zero-order chi connectivity index (χ0) is 11.1. The van der Waals surface area contributed by atoms with Gasteiger partial charge in [-0.05, 0) is 30.7 Å². The van der Waals surface area contributed by atoms with Gasteiger partial charge in [0.15, 0.2) is 0 Å². The molecule has 2 aromatic carbocycles. The zero-order valence-electron chi connectivity index (χ0n) is 8.72. The molecule has 0 aliphatic rings.